The molecule has 0 bridgehead atoms. The van der Waals surface area contributed by atoms with E-state index in [-0.39, 0.29) is 33.5 Å². The second kappa shape index (κ2) is 6.12. The number of carbonyl (C=O) groups is 1. The predicted octanol–water partition coefficient (Wildman–Crippen LogP) is 3.93. The summed E-state index contributed by atoms with van der Waals surface area (Å²) in [6, 6.07) is 3.94. The van der Waals surface area contributed by atoms with Crippen molar-refractivity contribution in [3.8, 4) is 11.5 Å². The van der Waals surface area contributed by atoms with Gasteiger partial charge in [0, 0.05) is 27.6 Å². The van der Waals surface area contributed by atoms with Gasteiger partial charge >= 0.3 is 5.97 Å². The lowest BCUT2D eigenvalue weighted by atomic mass is 9.99. The lowest BCUT2D eigenvalue weighted by molar-refractivity contribution is 0.0694. The van der Waals surface area contributed by atoms with E-state index in [0.29, 0.717) is 10.6 Å². The maximum Gasteiger partial charge on any atom is 0.339 e. The number of halogens is 3. The summed E-state index contributed by atoms with van der Waals surface area (Å²) >= 11 is 17.7. The van der Waals surface area contributed by atoms with Gasteiger partial charge in [-0.2, -0.15) is 0 Å². The molecule has 0 radical (unpaired) electrons. The van der Waals surface area contributed by atoms with Gasteiger partial charge in [-0.3, -0.25) is 0 Å². The van der Waals surface area contributed by atoms with Crippen LogP contribution in [0.3, 0.4) is 0 Å². The van der Waals surface area contributed by atoms with E-state index in [4.69, 9.17) is 45.6 Å². The van der Waals surface area contributed by atoms with Crippen molar-refractivity contribution < 1.29 is 20.1 Å². The van der Waals surface area contributed by atoms with Gasteiger partial charge in [-0.1, -0.05) is 34.8 Å². The fourth-order valence-electron chi connectivity index (χ4n) is 1.99. The van der Waals surface area contributed by atoms with Gasteiger partial charge < -0.3 is 21.1 Å². The van der Waals surface area contributed by atoms with Crippen LogP contribution in [0.25, 0.3) is 0 Å². The van der Waals surface area contributed by atoms with Crippen molar-refractivity contribution in [2.24, 2.45) is 0 Å². The highest BCUT2D eigenvalue weighted by molar-refractivity contribution is 6.35. The average molecular weight is 363 g/mol. The molecule has 0 aliphatic rings. The third kappa shape index (κ3) is 3.02. The number of carboxylic acid groups (broad SMARTS) is 1. The summed E-state index contributed by atoms with van der Waals surface area (Å²) in [6.45, 7) is 0. The third-order valence-corrected chi connectivity index (χ3v) is 3.94. The highest BCUT2D eigenvalue weighted by Gasteiger charge is 2.20. The normalized spacial score (nSPS) is 10.7. The van der Waals surface area contributed by atoms with Crippen molar-refractivity contribution in [1.82, 2.24) is 0 Å². The Kier molecular flexibility index (Phi) is 4.60. The summed E-state index contributed by atoms with van der Waals surface area (Å²) in [7, 11) is 0. The number of aromatic hydroxyl groups is 2. The van der Waals surface area contributed by atoms with Crippen LogP contribution in [-0.2, 0) is 6.42 Å². The Bertz CT molecular complexity index is 777. The molecule has 0 aromatic heterocycles. The second-order valence-corrected chi connectivity index (χ2v) is 5.77. The third-order valence-electron chi connectivity index (χ3n) is 3.10. The molecule has 0 saturated heterocycles. The maximum absolute atomic E-state index is 11.0. The van der Waals surface area contributed by atoms with E-state index in [9.17, 15) is 15.0 Å². The standard InChI is InChI=1S/C14H10Cl3NO4/c15-6-1-5(12(19)10(17)3-6)2-7-9(16)4-8(14(21)22)13(20)11(7)18/h1,3-4,19-20H,2,18H2,(H,21,22). The first-order chi connectivity index (χ1) is 10.2. The zero-order valence-electron chi connectivity index (χ0n) is 10.9. The molecule has 0 heterocycles. The Morgan fingerprint density at radius 2 is 1.68 bits per heavy atom. The zero-order valence-corrected chi connectivity index (χ0v) is 13.2. The SMILES string of the molecule is Nc1c(O)c(C(=O)O)cc(Cl)c1Cc1cc(Cl)cc(Cl)c1O. The molecular weight excluding hydrogens is 353 g/mol. The monoisotopic (exact) mass is 361 g/mol. The molecule has 0 aliphatic heterocycles. The van der Waals surface area contributed by atoms with E-state index in [1.165, 1.54) is 12.1 Å². The number of nitrogens with two attached hydrogens (primary N) is 1. The van der Waals surface area contributed by atoms with Gasteiger partial charge in [0.05, 0.1) is 10.7 Å². The molecule has 0 unspecified atom stereocenters. The molecule has 0 amide bonds. The van der Waals surface area contributed by atoms with Gasteiger partial charge in [0.15, 0.2) is 5.75 Å². The van der Waals surface area contributed by atoms with Crippen LogP contribution in [-0.4, -0.2) is 21.3 Å². The minimum Gasteiger partial charge on any atom is -0.506 e. The zero-order chi connectivity index (χ0) is 16.6. The Labute approximate surface area is 140 Å². The predicted molar refractivity (Wildman–Crippen MR) is 85.4 cm³/mol. The van der Waals surface area contributed by atoms with E-state index in [0.717, 1.165) is 6.07 Å². The molecule has 2 rings (SSSR count). The molecule has 2 aromatic carbocycles. The molecule has 5 nitrogen and oxygen atoms in total. The number of hydrogen-bond acceptors (Lipinski definition) is 4. The minimum absolute atomic E-state index is 0.0181. The fourth-order valence-corrected chi connectivity index (χ4v) is 2.80. The molecule has 0 aliphatic carbocycles. The van der Waals surface area contributed by atoms with Crippen LogP contribution in [0, 0.1) is 0 Å². The summed E-state index contributed by atoms with van der Waals surface area (Å²) in [5, 5.41) is 29.2. The van der Waals surface area contributed by atoms with Crippen LogP contribution in [0.5, 0.6) is 11.5 Å². The van der Waals surface area contributed by atoms with Crippen molar-refractivity contribution in [2.75, 3.05) is 5.73 Å². The quantitative estimate of drug-likeness (QED) is 0.489. The van der Waals surface area contributed by atoms with Crippen molar-refractivity contribution >= 4 is 46.5 Å². The summed E-state index contributed by atoms with van der Waals surface area (Å²) in [5.74, 6) is -2.13. The Hall–Kier alpha value is -1.82. The maximum atomic E-state index is 11.0. The van der Waals surface area contributed by atoms with Crippen LogP contribution < -0.4 is 5.73 Å². The Balaban J connectivity index is 2.56. The molecule has 2 aromatic rings. The number of rotatable bonds is 3. The summed E-state index contributed by atoms with van der Waals surface area (Å²) in [4.78, 5) is 11.0. The molecule has 0 atom stereocenters. The number of anilines is 1. The fraction of sp³-hybridized carbons (Fsp3) is 0.0714. The number of aromatic carboxylic acids is 1. The number of hydrogen-bond donors (Lipinski definition) is 4. The Morgan fingerprint density at radius 1 is 1.05 bits per heavy atom. The lowest BCUT2D eigenvalue weighted by Gasteiger charge is -2.14. The molecule has 116 valence electrons. The number of phenols is 2. The number of carboxylic acids is 1. The van der Waals surface area contributed by atoms with E-state index in [1.807, 2.05) is 0 Å². The van der Waals surface area contributed by atoms with Gasteiger partial charge in [0.2, 0.25) is 0 Å². The van der Waals surface area contributed by atoms with Gasteiger partial charge in [-0.15, -0.1) is 0 Å². The number of benzene rings is 2. The molecule has 0 fully saturated rings. The highest BCUT2D eigenvalue weighted by Crippen LogP contribution is 2.39. The summed E-state index contributed by atoms with van der Waals surface area (Å²) in [5.41, 5.74) is 5.77. The number of phenolic OH excluding ortho intramolecular Hbond substituents is 1. The van der Waals surface area contributed by atoms with Crippen molar-refractivity contribution in [2.45, 2.75) is 6.42 Å². The molecule has 5 N–H and O–H groups in total. The second-order valence-electron chi connectivity index (χ2n) is 4.52. The van der Waals surface area contributed by atoms with Crippen LogP contribution >= 0.6 is 34.8 Å². The number of nitrogen functional groups attached to an aromatic ring is 1. The van der Waals surface area contributed by atoms with Crippen molar-refractivity contribution in [1.29, 1.82) is 0 Å². The van der Waals surface area contributed by atoms with Crippen LogP contribution in [0.15, 0.2) is 18.2 Å². The van der Waals surface area contributed by atoms with Gasteiger partial charge in [0.25, 0.3) is 0 Å². The molecular formula is C14H10Cl3NO4. The van der Waals surface area contributed by atoms with Gasteiger partial charge in [0.1, 0.15) is 11.3 Å². The van der Waals surface area contributed by atoms with E-state index < -0.39 is 17.3 Å². The smallest absolute Gasteiger partial charge is 0.339 e. The minimum atomic E-state index is -1.36. The summed E-state index contributed by atoms with van der Waals surface area (Å²) in [6.07, 6.45) is 0.0181. The van der Waals surface area contributed by atoms with Crippen LogP contribution in [0.1, 0.15) is 21.5 Å². The lowest BCUT2D eigenvalue weighted by Crippen LogP contribution is -2.04. The molecule has 8 heteroatoms. The van der Waals surface area contributed by atoms with Crippen molar-refractivity contribution in [3.63, 3.8) is 0 Å². The Morgan fingerprint density at radius 3 is 2.27 bits per heavy atom. The largest absolute Gasteiger partial charge is 0.506 e. The molecule has 0 saturated carbocycles. The van der Waals surface area contributed by atoms with Crippen molar-refractivity contribution in [3.05, 3.63) is 50.0 Å². The van der Waals surface area contributed by atoms with Crippen LogP contribution in [0.4, 0.5) is 5.69 Å². The average Bonchev–Trinajstić information content (AvgIpc) is 2.43. The van der Waals surface area contributed by atoms with Crippen LogP contribution in [0.2, 0.25) is 15.1 Å². The first kappa shape index (κ1) is 16.5. The highest BCUT2D eigenvalue weighted by atomic mass is 35.5. The van der Waals surface area contributed by atoms with Gasteiger partial charge in [-0.05, 0) is 18.2 Å². The van der Waals surface area contributed by atoms with E-state index in [1.54, 1.807) is 0 Å². The van der Waals surface area contributed by atoms with E-state index >= 15 is 0 Å². The van der Waals surface area contributed by atoms with Gasteiger partial charge in [-0.25, -0.2) is 4.79 Å². The molecule has 22 heavy (non-hydrogen) atoms. The van der Waals surface area contributed by atoms with E-state index in [2.05, 4.69) is 0 Å². The first-order valence-electron chi connectivity index (χ1n) is 5.92. The first-order valence-corrected chi connectivity index (χ1v) is 7.05. The molecule has 0 spiro atoms. The topological polar surface area (TPSA) is 104 Å². The summed E-state index contributed by atoms with van der Waals surface area (Å²) < 4.78 is 0.